The Kier molecular flexibility index (Phi) is 3.94. The van der Waals surface area contributed by atoms with Crippen molar-refractivity contribution in [3.63, 3.8) is 0 Å². The zero-order valence-electron chi connectivity index (χ0n) is 10.8. The largest absolute Gasteiger partial charge is 0.308 e. The Morgan fingerprint density at radius 2 is 2.11 bits per heavy atom. The molecule has 2 aromatic heterocycles. The van der Waals surface area contributed by atoms with Crippen molar-refractivity contribution in [1.82, 2.24) is 14.8 Å². The van der Waals surface area contributed by atoms with Crippen molar-refractivity contribution in [3.05, 3.63) is 41.3 Å². The van der Waals surface area contributed by atoms with E-state index in [1.165, 1.54) is 5.69 Å². The molecule has 3 N–H and O–H groups in total. The van der Waals surface area contributed by atoms with Crippen molar-refractivity contribution in [2.75, 3.05) is 5.43 Å². The van der Waals surface area contributed by atoms with Crippen LogP contribution in [0.4, 0.5) is 5.82 Å². The molecule has 5 heteroatoms. The molecule has 0 aliphatic carbocycles. The SMILES string of the molecule is CCc1cc(CC)n(Cc2ccc(NN)nc2)n1. The van der Waals surface area contributed by atoms with Gasteiger partial charge in [-0.15, -0.1) is 0 Å². The third-order valence-corrected chi connectivity index (χ3v) is 2.94. The van der Waals surface area contributed by atoms with Crippen LogP contribution in [-0.4, -0.2) is 14.8 Å². The molecule has 0 aromatic carbocycles. The molecule has 0 aliphatic heterocycles. The number of hydrazine groups is 1. The van der Waals surface area contributed by atoms with Crippen molar-refractivity contribution in [1.29, 1.82) is 0 Å². The number of pyridine rings is 1. The van der Waals surface area contributed by atoms with Gasteiger partial charge in [-0.1, -0.05) is 19.9 Å². The summed E-state index contributed by atoms with van der Waals surface area (Å²) in [7, 11) is 0. The van der Waals surface area contributed by atoms with Gasteiger partial charge in [0, 0.05) is 11.9 Å². The summed E-state index contributed by atoms with van der Waals surface area (Å²) in [5.41, 5.74) is 6.04. The molecule has 0 saturated carbocycles. The fraction of sp³-hybridized carbons (Fsp3) is 0.385. The van der Waals surface area contributed by atoms with E-state index < -0.39 is 0 Å². The third kappa shape index (κ3) is 2.68. The highest BCUT2D eigenvalue weighted by Gasteiger charge is 2.06. The number of hydrogen-bond acceptors (Lipinski definition) is 4. The predicted octanol–water partition coefficient (Wildman–Crippen LogP) is 1.74. The van der Waals surface area contributed by atoms with E-state index in [9.17, 15) is 0 Å². The number of aromatic nitrogens is 3. The third-order valence-electron chi connectivity index (χ3n) is 2.94. The minimum absolute atomic E-state index is 0.671. The Hall–Kier alpha value is -1.88. The highest BCUT2D eigenvalue weighted by Crippen LogP contribution is 2.10. The van der Waals surface area contributed by atoms with Crippen molar-refractivity contribution in [3.8, 4) is 0 Å². The highest BCUT2D eigenvalue weighted by molar-refractivity contribution is 5.33. The molecule has 0 bridgehead atoms. The molecule has 5 nitrogen and oxygen atoms in total. The Bertz CT molecular complexity index is 501. The molecule has 96 valence electrons. The van der Waals surface area contributed by atoms with Crippen molar-refractivity contribution >= 4 is 5.82 Å². The normalized spacial score (nSPS) is 10.6. The maximum Gasteiger partial charge on any atom is 0.139 e. The van der Waals surface area contributed by atoms with Gasteiger partial charge in [-0.2, -0.15) is 5.10 Å². The number of anilines is 1. The van der Waals surface area contributed by atoms with Crippen LogP contribution in [0.3, 0.4) is 0 Å². The molecule has 0 unspecified atom stereocenters. The van der Waals surface area contributed by atoms with Gasteiger partial charge in [0.2, 0.25) is 0 Å². The van der Waals surface area contributed by atoms with Crippen molar-refractivity contribution in [2.45, 2.75) is 33.2 Å². The minimum atomic E-state index is 0.671. The zero-order valence-corrected chi connectivity index (χ0v) is 10.8. The first-order valence-electron chi connectivity index (χ1n) is 6.24. The zero-order chi connectivity index (χ0) is 13.0. The fourth-order valence-electron chi connectivity index (χ4n) is 1.89. The second-order valence-corrected chi connectivity index (χ2v) is 4.19. The molecular formula is C13H19N5. The van der Waals surface area contributed by atoms with Crippen LogP contribution in [0.5, 0.6) is 0 Å². The first-order valence-corrected chi connectivity index (χ1v) is 6.24. The molecule has 0 atom stereocenters. The maximum atomic E-state index is 5.29. The van der Waals surface area contributed by atoms with Gasteiger partial charge in [-0.25, -0.2) is 10.8 Å². The standard InChI is InChI=1S/C13H19N5/c1-3-11-7-12(4-2)18(17-11)9-10-5-6-13(16-14)15-8-10/h5-8H,3-4,9,14H2,1-2H3,(H,15,16). The molecular weight excluding hydrogens is 226 g/mol. The monoisotopic (exact) mass is 245 g/mol. The summed E-state index contributed by atoms with van der Waals surface area (Å²) < 4.78 is 2.05. The summed E-state index contributed by atoms with van der Waals surface area (Å²) in [6, 6.07) is 6.04. The number of nitrogens with two attached hydrogens (primary N) is 1. The lowest BCUT2D eigenvalue weighted by molar-refractivity contribution is 0.639. The molecule has 2 aromatic rings. The van der Waals surface area contributed by atoms with E-state index in [2.05, 4.69) is 35.4 Å². The van der Waals surface area contributed by atoms with E-state index in [1.54, 1.807) is 0 Å². The number of rotatable bonds is 5. The van der Waals surface area contributed by atoms with Crippen LogP contribution in [0.1, 0.15) is 30.8 Å². The van der Waals surface area contributed by atoms with Crippen molar-refractivity contribution < 1.29 is 0 Å². The Labute approximate surface area is 107 Å². The van der Waals surface area contributed by atoms with Crippen LogP contribution in [0.25, 0.3) is 0 Å². The molecule has 0 spiro atoms. The van der Waals surface area contributed by atoms with E-state index in [0.29, 0.717) is 5.82 Å². The summed E-state index contributed by atoms with van der Waals surface area (Å²) in [5, 5.41) is 4.59. The first-order chi connectivity index (χ1) is 8.76. The average molecular weight is 245 g/mol. The summed E-state index contributed by atoms with van der Waals surface area (Å²) >= 11 is 0. The molecule has 0 amide bonds. The van der Waals surface area contributed by atoms with Gasteiger partial charge in [0.1, 0.15) is 5.82 Å². The topological polar surface area (TPSA) is 68.8 Å². The molecule has 2 heterocycles. The summed E-state index contributed by atoms with van der Waals surface area (Å²) in [6.45, 7) is 5.02. The lowest BCUT2D eigenvalue weighted by atomic mass is 10.2. The molecule has 0 fully saturated rings. The van der Waals surface area contributed by atoms with Crippen LogP contribution >= 0.6 is 0 Å². The fourth-order valence-corrected chi connectivity index (χ4v) is 1.89. The summed E-state index contributed by atoms with van der Waals surface area (Å²) in [4.78, 5) is 4.20. The van der Waals surface area contributed by atoms with Gasteiger partial charge in [0.05, 0.1) is 12.2 Å². The number of nitrogen functional groups attached to an aromatic ring is 1. The predicted molar refractivity (Wildman–Crippen MR) is 72.1 cm³/mol. The van der Waals surface area contributed by atoms with E-state index in [0.717, 1.165) is 30.6 Å². The quantitative estimate of drug-likeness (QED) is 0.622. The highest BCUT2D eigenvalue weighted by atomic mass is 15.3. The van der Waals surface area contributed by atoms with Gasteiger partial charge in [0.15, 0.2) is 0 Å². The number of hydrogen-bond donors (Lipinski definition) is 2. The van der Waals surface area contributed by atoms with Crippen LogP contribution in [0.2, 0.25) is 0 Å². The van der Waals surface area contributed by atoms with E-state index in [4.69, 9.17) is 5.84 Å². The van der Waals surface area contributed by atoms with E-state index >= 15 is 0 Å². The summed E-state index contributed by atoms with van der Waals surface area (Å²) in [5.74, 6) is 5.96. The second kappa shape index (κ2) is 5.64. The van der Waals surface area contributed by atoms with Crippen molar-refractivity contribution in [2.24, 2.45) is 5.84 Å². The minimum Gasteiger partial charge on any atom is -0.308 e. The Balaban J connectivity index is 2.18. The Morgan fingerprint density at radius 3 is 2.67 bits per heavy atom. The van der Waals surface area contributed by atoms with Gasteiger partial charge in [-0.3, -0.25) is 4.68 Å². The molecule has 0 saturated heterocycles. The van der Waals surface area contributed by atoms with Gasteiger partial charge >= 0.3 is 0 Å². The van der Waals surface area contributed by atoms with Gasteiger partial charge in [0.25, 0.3) is 0 Å². The first kappa shape index (κ1) is 12.6. The van der Waals surface area contributed by atoms with Crippen LogP contribution in [-0.2, 0) is 19.4 Å². The maximum absolute atomic E-state index is 5.29. The second-order valence-electron chi connectivity index (χ2n) is 4.19. The molecule has 0 radical (unpaired) electrons. The number of nitrogens with zero attached hydrogens (tertiary/aromatic N) is 3. The lowest BCUT2D eigenvalue weighted by Crippen LogP contribution is -2.09. The van der Waals surface area contributed by atoms with Crippen LogP contribution in [0, 0.1) is 0 Å². The average Bonchev–Trinajstić information content (AvgIpc) is 2.82. The van der Waals surface area contributed by atoms with Crippen LogP contribution < -0.4 is 11.3 Å². The number of nitrogens with one attached hydrogen (secondary N) is 1. The van der Waals surface area contributed by atoms with E-state index in [1.807, 2.05) is 23.0 Å². The smallest absolute Gasteiger partial charge is 0.139 e. The molecule has 2 rings (SSSR count). The lowest BCUT2D eigenvalue weighted by Gasteiger charge is -2.06. The van der Waals surface area contributed by atoms with Crippen LogP contribution in [0.15, 0.2) is 24.4 Å². The van der Waals surface area contributed by atoms with Gasteiger partial charge in [-0.05, 0) is 30.5 Å². The molecule has 0 aliphatic rings. The molecule has 18 heavy (non-hydrogen) atoms. The Morgan fingerprint density at radius 1 is 1.28 bits per heavy atom. The number of aryl methyl sites for hydroxylation is 2. The van der Waals surface area contributed by atoms with Gasteiger partial charge < -0.3 is 5.43 Å². The summed E-state index contributed by atoms with van der Waals surface area (Å²) in [6.07, 6.45) is 3.78. The van der Waals surface area contributed by atoms with E-state index in [-0.39, 0.29) is 0 Å².